The maximum absolute atomic E-state index is 5.50. The first-order valence-corrected chi connectivity index (χ1v) is 5.95. The van der Waals surface area contributed by atoms with Crippen molar-refractivity contribution in [2.24, 2.45) is 0 Å². The highest BCUT2D eigenvalue weighted by molar-refractivity contribution is 5.20. The van der Waals surface area contributed by atoms with E-state index in [9.17, 15) is 0 Å². The van der Waals surface area contributed by atoms with Crippen LogP contribution in [0.1, 0.15) is 17.0 Å². The SMILES string of the molecule is CO[C@H]1COCCN(Cc2c(C)noc2C)C1. The number of rotatable bonds is 3. The van der Waals surface area contributed by atoms with Crippen LogP contribution in [-0.2, 0) is 16.0 Å². The van der Waals surface area contributed by atoms with Gasteiger partial charge in [0, 0.05) is 32.3 Å². The van der Waals surface area contributed by atoms with Gasteiger partial charge in [0.1, 0.15) is 5.76 Å². The molecule has 1 aliphatic heterocycles. The summed E-state index contributed by atoms with van der Waals surface area (Å²) in [7, 11) is 1.73. The molecule has 5 heteroatoms. The van der Waals surface area contributed by atoms with E-state index in [1.54, 1.807) is 7.11 Å². The van der Waals surface area contributed by atoms with Crippen LogP contribution in [0.3, 0.4) is 0 Å². The van der Waals surface area contributed by atoms with Crippen LogP contribution in [0.2, 0.25) is 0 Å². The Hall–Kier alpha value is -0.910. The highest BCUT2D eigenvalue weighted by Gasteiger charge is 2.20. The minimum Gasteiger partial charge on any atom is -0.378 e. The highest BCUT2D eigenvalue weighted by atomic mass is 16.5. The van der Waals surface area contributed by atoms with Crippen molar-refractivity contribution in [3.05, 3.63) is 17.0 Å². The molecule has 17 heavy (non-hydrogen) atoms. The van der Waals surface area contributed by atoms with E-state index in [0.29, 0.717) is 6.61 Å². The minimum atomic E-state index is 0.151. The van der Waals surface area contributed by atoms with Crippen LogP contribution >= 0.6 is 0 Å². The van der Waals surface area contributed by atoms with Gasteiger partial charge in [0.25, 0.3) is 0 Å². The Labute approximate surface area is 102 Å². The minimum absolute atomic E-state index is 0.151. The second-order valence-corrected chi connectivity index (χ2v) is 4.47. The van der Waals surface area contributed by atoms with Gasteiger partial charge in [-0.05, 0) is 13.8 Å². The molecule has 1 aromatic heterocycles. The summed E-state index contributed by atoms with van der Waals surface area (Å²) in [4.78, 5) is 2.33. The normalized spacial score (nSPS) is 22.6. The zero-order valence-corrected chi connectivity index (χ0v) is 10.7. The van der Waals surface area contributed by atoms with E-state index < -0.39 is 0 Å². The van der Waals surface area contributed by atoms with Gasteiger partial charge in [0.2, 0.25) is 0 Å². The molecule has 1 aliphatic rings. The lowest BCUT2D eigenvalue weighted by atomic mass is 10.2. The monoisotopic (exact) mass is 240 g/mol. The Morgan fingerprint density at radius 1 is 1.47 bits per heavy atom. The van der Waals surface area contributed by atoms with Crippen molar-refractivity contribution in [2.45, 2.75) is 26.5 Å². The molecule has 2 heterocycles. The van der Waals surface area contributed by atoms with Crippen molar-refractivity contribution in [3.8, 4) is 0 Å². The highest BCUT2D eigenvalue weighted by Crippen LogP contribution is 2.16. The molecule has 0 unspecified atom stereocenters. The molecule has 0 spiro atoms. The summed E-state index contributed by atoms with van der Waals surface area (Å²) in [6.45, 7) is 8.03. The maximum Gasteiger partial charge on any atom is 0.138 e. The summed E-state index contributed by atoms with van der Waals surface area (Å²) < 4.78 is 16.1. The molecule has 0 radical (unpaired) electrons. The van der Waals surface area contributed by atoms with Crippen LogP contribution < -0.4 is 0 Å². The van der Waals surface area contributed by atoms with Gasteiger partial charge in [-0.15, -0.1) is 0 Å². The van der Waals surface area contributed by atoms with Crippen LogP contribution in [-0.4, -0.2) is 49.6 Å². The van der Waals surface area contributed by atoms with E-state index in [1.807, 2.05) is 13.8 Å². The molecule has 0 N–H and O–H groups in total. The van der Waals surface area contributed by atoms with Gasteiger partial charge in [0.15, 0.2) is 0 Å². The summed E-state index contributed by atoms with van der Waals surface area (Å²) in [5, 5.41) is 3.98. The van der Waals surface area contributed by atoms with E-state index in [0.717, 1.165) is 37.7 Å². The van der Waals surface area contributed by atoms with Gasteiger partial charge in [-0.2, -0.15) is 0 Å². The molecule has 0 aromatic carbocycles. The van der Waals surface area contributed by atoms with Crippen LogP contribution in [0.5, 0.6) is 0 Å². The van der Waals surface area contributed by atoms with Crippen molar-refractivity contribution >= 4 is 0 Å². The second-order valence-electron chi connectivity index (χ2n) is 4.47. The standard InChI is InChI=1S/C12H20N2O3/c1-9-12(10(2)17-13-9)7-14-4-5-16-8-11(6-14)15-3/h11H,4-8H2,1-3H3/t11-/m1/s1. The number of hydrogen-bond donors (Lipinski definition) is 0. The predicted molar refractivity (Wildman–Crippen MR) is 62.9 cm³/mol. The number of aromatic nitrogens is 1. The maximum atomic E-state index is 5.50. The lowest BCUT2D eigenvalue weighted by molar-refractivity contribution is 0.0225. The largest absolute Gasteiger partial charge is 0.378 e. The zero-order chi connectivity index (χ0) is 12.3. The van der Waals surface area contributed by atoms with Crippen molar-refractivity contribution in [2.75, 3.05) is 33.4 Å². The summed E-state index contributed by atoms with van der Waals surface area (Å²) in [6.07, 6.45) is 0.151. The van der Waals surface area contributed by atoms with Crippen LogP contribution in [0.15, 0.2) is 4.52 Å². The van der Waals surface area contributed by atoms with Gasteiger partial charge in [-0.25, -0.2) is 0 Å². The smallest absolute Gasteiger partial charge is 0.138 e. The van der Waals surface area contributed by atoms with E-state index in [1.165, 1.54) is 5.56 Å². The molecular formula is C12H20N2O3. The van der Waals surface area contributed by atoms with E-state index >= 15 is 0 Å². The average Bonchev–Trinajstić information content (AvgIpc) is 2.57. The molecule has 96 valence electrons. The summed E-state index contributed by atoms with van der Waals surface area (Å²) in [5.74, 6) is 0.904. The molecule has 2 rings (SSSR count). The van der Waals surface area contributed by atoms with Crippen molar-refractivity contribution < 1.29 is 14.0 Å². The fraction of sp³-hybridized carbons (Fsp3) is 0.750. The van der Waals surface area contributed by atoms with Crippen LogP contribution in [0.25, 0.3) is 0 Å². The molecule has 0 aliphatic carbocycles. The number of aryl methyl sites for hydroxylation is 2. The van der Waals surface area contributed by atoms with Crippen LogP contribution in [0, 0.1) is 13.8 Å². The summed E-state index contributed by atoms with van der Waals surface area (Å²) >= 11 is 0. The molecule has 0 bridgehead atoms. The zero-order valence-electron chi connectivity index (χ0n) is 10.7. The summed E-state index contributed by atoms with van der Waals surface area (Å²) in [5.41, 5.74) is 2.16. The van der Waals surface area contributed by atoms with E-state index in [2.05, 4.69) is 10.1 Å². The fourth-order valence-electron chi connectivity index (χ4n) is 2.08. The third-order valence-electron chi connectivity index (χ3n) is 3.21. The van der Waals surface area contributed by atoms with Gasteiger partial charge < -0.3 is 14.0 Å². The van der Waals surface area contributed by atoms with Gasteiger partial charge in [0.05, 0.1) is 25.0 Å². The Kier molecular flexibility index (Phi) is 4.15. The fourth-order valence-corrected chi connectivity index (χ4v) is 2.08. The lowest BCUT2D eigenvalue weighted by Crippen LogP contribution is -2.33. The van der Waals surface area contributed by atoms with Gasteiger partial charge >= 0.3 is 0 Å². The van der Waals surface area contributed by atoms with Crippen LogP contribution in [0.4, 0.5) is 0 Å². The molecule has 5 nitrogen and oxygen atoms in total. The quantitative estimate of drug-likeness (QED) is 0.793. The first-order valence-electron chi connectivity index (χ1n) is 5.95. The molecule has 1 atom stereocenters. The topological polar surface area (TPSA) is 47.7 Å². The second kappa shape index (κ2) is 5.62. The first kappa shape index (κ1) is 12.5. The molecule has 0 amide bonds. The number of nitrogens with zero attached hydrogens (tertiary/aromatic N) is 2. The Bertz CT molecular complexity index is 345. The number of ether oxygens (including phenoxy) is 2. The molecule has 0 saturated carbocycles. The van der Waals surface area contributed by atoms with Gasteiger partial charge in [-0.1, -0.05) is 5.16 Å². The number of methoxy groups -OCH3 is 1. The Morgan fingerprint density at radius 2 is 2.29 bits per heavy atom. The predicted octanol–water partition coefficient (Wildman–Crippen LogP) is 1.14. The first-order chi connectivity index (χ1) is 8.20. The summed E-state index contributed by atoms with van der Waals surface area (Å²) in [6, 6.07) is 0. The average molecular weight is 240 g/mol. The molecular weight excluding hydrogens is 220 g/mol. The Morgan fingerprint density at radius 3 is 2.94 bits per heavy atom. The molecule has 1 aromatic rings. The van der Waals surface area contributed by atoms with Crippen molar-refractivity contribution in [1.82, 2.24) is 10.1 Å². The lowest BCUT2D eigenvalue weighted by Gasteiger charge is -2.22. The Balaban J connectivity index is 2.02. The van der Waals surface area contributed by atoms with Crippen molar-refractivity contribution in [1.29, 1.82) is 0 Å². The van der Waals surface area contributed by atoms with E-state index in [4.69, 9.17) is 14.0 Å². The van der Waals surface area contributed by atoms with Gasteiger partial charge in [-0.3, -0.25) is 4.90 Å². The van der Waals surface area contributed by atoms with E-state index in [-0.39, 0.29) is 6.10 Å². The number of hydrogen-bond acceptors (Lipinski definition) is 5. The molecule has 1 saturated heterocycles. The third-order valence-corrected chi connectivity index (χ3v) is 3.21. The molecule has 1 fully saturated rings. The third kappa shape index (κ3) is 3.06. The van der Waals surface area contributed by atoms with Crippen molar-refractivity contribution in [3.63, 3.8) is 0 Å².